The Balaban J connectivity index is 1.63. The Labute approximate surface area is 128 Å². The molecule has 2 amide bonds. The monoisotopic (exact) mass is 298 g/mol. The van der Waals surface area contributed by atoms with Crippen molar-refractivity contribution in [3.8, 4) is 0 Å². The number of likely N-dealkylation sites (tertiary alicyclic amines) is 1. The van der Waals surface area contributed by atoms with Gasteiger partial charge in [0.1, 0.15) is 11.3 Å². The largest absolute Gasteiger partial charge is 0.457 e. The van der Waals surface area contributed by atoms with E-state index in [0.29, 0.717) is 31.7 Å². The standard InChI is InChI=1S/C17H18N2O3/c18-17(21)12-7-9-19(10-8-12)16(20)6-5-14-11-13-3-1-2-4-15(13)22-14/h1-6,11-12H,7-10H2,(H2,18,21)/b6-5+. The second-order valence-corrected chi connectivity index (χ2v) is 5.52. The van der Waals surface area contributed by atoms with E-state index in [4.69, 9.17) is 10.2 Å². The molecule has 2 aromatic rings. The first-order valence-electron chi connectivity index (χ1n) is 7.38. The normalized spacial score (nSPS) is 16.5. The number of nitrogens with two attached hydrogens (primary N) is 1. The Morgan fingerprint density at radius 1 is 1.23 bits per heavy atom. The average Bonchev–Trinajstić information content (AvgIpc) is 2.95. The molecule has 5 heteroatoms. The van der Waals surface area contributed by atoms with Crippen LogP contribution in [-0.2, 0) is 9.59 Å². The molecule has 0 spiro atoms. The SMILES string of the molecule is NC(=O)C1CCN(C(=O)/C=C/c2cc3ccccc3o2)CC1. The summed E-state index contributed by atoms with van der Waals surface area (Å²) in [6.07, 6.45) is 4.48. The highest BCUT2D eigenvalue weighted by molar-refractivity contribution is 5.92. The molecule has 1 aliphatic rings. The Hall–Kier alpha value is -2.56. The molecule has 5 nitrogen and oxygen atoms in total. The van der Waals surface area contributed by atoms with Crippen molar-refractivity contribution in [3.05, 3.63) is 42.2 Å². The van der Waals surface area contributed by atoms with Crippen LogP contribution < -0.4 is 5.73 Å². The number of piperidine rings is 1. The van der Waals surface area contributed by atoms with E-state index in [-0.39, 0.29) is 17.7 Å². The maximum Gasteiger partial charge on any atom is 0.246 e. The number of fused-ring (bicyclic) bond motifs is 1. The fourth-order valence-corrected chi connectivity index (χ4v) is 2.73. The van der Waals surface area contributed by atoms with Crippen LogP contribution in [0.4, 0.5) is 0 Å². The number of carbonyl (C=O) groups is 2. The van der Waals surface area contributed by atoms with E-state index in [0.717, 1.165) is 11.0 Å². The van der Waals surface area contributed by atoms with Crippen molar-refractivity contribution >= 4 is 28.9 Å². The van der Waals surface area contributed by atoms with Gasteiger partial charge in [-0.1, -0.05) is 18.2 Å². The van der Waals surface area contributed by atoms with Crippen molar-refractivity contribution in [3.63, 3.8) is 0 Å². The lowest BCUT2D eigenvalue weighted by atomic mass is 9.96. The van der Waals surface area contributed by atoms with Crippen LogP contribution in [0.15, 0.2) is 40.8 Å². The molecular formula is C17H18N2O3. The fraction of sp³-hybridized carbons (Fsp3) is 0.294. The molecule has 2 N–H and O–H groups in total. The van der Waals surface area contributed by atoms with Gasteiger partial charge < -0.3 is 15.1 Å². The molecule has 0 aliphatic carbocycles. The molecule has 1 saturated heterocycles. The van der Waals surface area contributed by atoms with Crippen molar-refractivity contribution < 1.29 is 14.0 Å². The minimum absolute atomic E-state index is 0.0663. The molecule has 114 valence electrons. The summed E-state index contributed by atoms with van der Waals surface area (Å²) in [5.41, 5.74) is 6.09. The van der Waals surface area contributed by atoms with Crippen LogP contribution in [0.1, 0.15) is 18.6 Å². The summed E-state index contributed by atoms with van der Waals surface area (Å²) >= 11 is 0. The zero-order valence-corrected chi connectivity index (χ0v) is 12.2. The van der Waals surface area contributed by atoms with E-state index in [9.17, 15) is 9.59 Å². The molecule has 0 atom stereocenters. The zero-order chi connectivity index (χ0) is 15.5. The van der Waals surface area contributed by atoms with Crippen LogP contribution in [0.25, 0.3) is 17.0 Å². The summed E-state index contributed by atoms with van der Waals surface area (Å²) in [5.74, 6) is 0.207. The number of hydrogen-bond donors (Lipinski definition) is 1. The third-order valence-corrected chi connectivity index (χ3v) is 4.04. The van der Waals surface area contributed by atoms with Gasteiger partial charge in [-0.3, -0.25) is 9.59 Å². The number of primary amides is 1. The van der Waals surface area contributed by atoms with E-state index in [2.05, 4.69) is 0 Å². The van der Waals surface area contributed by atoms with E-state index < -0.39 is 0 Å². The summed E-state index contributed by atoms with van der Waals surface area (Å²) in [7, 11) is 0. The van der Waals surface area contributed by atoms with Gasteiger partial charge in [-0.2, -0.15) is 0 Å². The lowest BCUT2D eigenvalue weighted by Gasteiger charge is -2.29. The Bertz CT molecular complexity index is 691. The van der Waals surface area contributed by atoms with Gasteiger partial charge in [0.2, 0.25) is 11.8 Å². The van der Waals surface area contributed by atoms with Crippen molar-refractivity contribution in [2.24, 2.45) is 11.7 Å². The predicted molar refractivity (Wildman–Crippen MR) is 83.7 cm³/mol. The molecule has 0 radical (unpaired) electrons. The van der Waals surface area contributed by atoms with Crippen LogP contribution in [0.5, 0.6) is 0 Å². The van der Waals surface area contributed by atoms with E-state index >= 15 is 0 Å². The van der Waals surface area contributed by atoms with Crippen LogP contribution >= 0.6 is 0 Å². The van der Waals surface area contributed by atoms with E-state index in [1.165, 1.54) is 6.08 Å². The third kappa shape index (κ3) is 3.03. The van der Waals surface area contributed by atoms with Gasteiger partial charge in [0.15, 0.2) is 0 Å². The topological polar surface area (TPSA) is 76.5 Å². The first-order valence-corrected chi connectivity index (χ1v) is 7.38. The lowest BCUT2D eigenvalue weighted by Crippen LogP contribution is -2.41. The number of carbonyl (C=O) groups excluding carboxylic acids is 2. The van der Waals surface area contributed by atoms with Gasteiger partial charge in [-0.05, 0) is 31.1 Å². The predicted octanol–water partition coefficient (Wildman–Crippen LogP) is 2.17. The van der Waals surface area contributed by atoms with E-state index in [1.807, 2.05) is 30.3 Å². The Morgan fingerprint density at radius 2 is 1.95 bits per heavy atom. The Kier molecular flexibility index (Phi) is 3.96. The van der Waals surface area contributed by atoms with Crippen LogP contribution in [-0.4, -0.2) is 29.8 Å². The number of benzene rings is 1. The van der Waals surface area contributed by atoms with Gasteiger partial charge in [0.25, 0.3) is 0 Å². The fourth-order valence-electron chi connectivity index (χ4n) is 2.73. The highest BCUT2D eigenvalue weighted by Crippen LogP contribution is 2.20. The molecule has 0 saturated carbocycles. The first-order chi connectivity index (χ1) is 10.6. The highest BCUT2D eigenvalue weighted by atomic mass is 16.3. The summed E-state index contributed by atoms with van der Waals surface area (Å²) in [6.45, 7) is 1.13. The summed E-state index contributed by atoms with van der Waals surface area (Å²) < 4.78 is 5.64. The number of hydrogen-bond acceptors (Lipinski definition) is 3. The van der Waals surface area contributed by atoms with Crippen molar-refractivity contribution in [2.75, 3.05) is 13.1 Å². The molecular weight excluding hydrogens is 280 g/mol. The molecule has 1 fully saturated rings. The molecule has 1 aromatic carbocycles. The summed E-state index contributed by atoms with van der Waals surface area (Å²) in [6, 6.07) is 9.61. The van der Waals surface area contributed by atoms with Gasteiger partial charge >= 0.3 is 0 Å². The smallest absolute Gasteiger partial charge is 0.246 e. The molecule has 1 aromatic heterocycles. The molecule has 3 rings (SSSR count). The van der Waals surface area contributed by atoms with Gasteiger partial charge in [-0.25, -0.2) is 0 Å². The summed E-state index contributed by atoms with van der Waals surface area (Å²) in [5, 5.41) is 1.01. The number of furan rings is 1. The van der Waals surface area contributed by atoms with Gasteiger partial charge in [0.05, 0.1) is 0 Å². The quantitative estimate of drug-likeness (QED) is 0.882. The minimum Gasteiger partial charge on any atom is -0.457 e. The van der Waals surface area contributed by atoms with Gasteiger partial charge in [0, 0.05) is 30.5 Å². The average molecular weight is 298 g/mol. The molecule has 1 aliphatic heterocycles. The third-order valence-electron chi connectivity index (χ3n) is 4.04. The maximum atomic E-state index is 12.1. The molecule has 0 unspecified atom stereocenters. The lowest BCUT2D eigenvalue weighted by molar-refractivity contribution is -0.130. The molecule has 2 heterocycles. The number of nitrogens with zero attached hydrogens (tertiary/aromatic N) is 1. The first kappa shape index (κ1) is 14.4. The second-order valence-electron chi connectivity index (χ2n) is 5.52. The van der Waals surface area contributed by atoms with Crippen LogP contribution in [0, 0.1) is 5.92 Å². The zero-order valence-electron chi connectivity index (χ0n) is 12.2. The molecule has 22 heavy (non-hydrogen) atoms. The van der Waals surface area contributed by atoms with Crippen LogP contribution in [0.2, 0.25) is 0 Å². The minimum atomic E-state index is -0.273. The van der Waals surface area contributed by atoms with Gasteiger partial charge in [-0.15, -0.1) is 0 Å². The maximum absolute atomic E-state index is 12.1. The number of rotatable bonds is 3. The highest BCUT2D eigenvalue weighted by Gasteiger charge is 2.24. The number of para-hydroxylation sites is 1. The van der Waals surface area contributed by atoms with Crippen molar-refractivity contribution in [2.45, 2.75) is 12.8 Å². The Morgan fingerprint density at radius 3 is 2.64 bits per heavy atom. The number of amides is 2. The van der Waals surface area contributed by atoms with E-state index in [1.54, 1.807) is 11.0 Å². The second kappa shape index (κ2) is 6.05. The van der Waals surface area contributed by atoms with Crippen LogP contribution in [0.3, 0.4) is 0 Å². The summed E-state index contributed by atoms with van der Waals surface area (Å²) in [4.78, 5) is 25.0. The molecule has 0 bridgehead atoms. The van der Waals surface area contributed by atoms with Crippen molar-refractivity contribution in [1.29, 1.82) is 0 Å². The van der Waals surface area contributed by atoms with Crippen molar-refractivity contribution in [1.82, 2.24) is 4.90 Å².